The summed E-state index contributed by atoms with van der Waals surface area (Å²) >= 11 is 1.96. The second-order valence-electron chi connectivity index (χ2n) is 0.781. The molecule has 0 N–H and O–H groups in total. The molecule has 44 valence electrons. The smallest absolute Gasteiger partial charge is 0.00961 e. The normalized spacial score (nSPS) is 6.57. The van der Waals surface area contributed by atoms with E-state index in [1.807, 2.05) is 11.8 Å². The Balaban J connectivity index is 0. The lowest BCUT2D eigenvalue weighted by atomic mass is 11.0. The highest BCUT2D eigenvalue weighted by Crippen LogP contribution is 1.93. The largest absolute Gasteiger partial charge is 0.163 e. The molecule has 0 rings (SSSR count). The highest BCUT2D eigenvalue weighted by atomic mass is 32.2. The molecule has 0 radical (unpaired) electrons. The molecule has 0 saturated heterocycles. The minimum Gasteiger partial charge on any atom is -0.163 e. The Bertz CT molecular complexity index is 18.1. The van der Waals surface area contributed by atoms with Gasteiger partial charge in [-0.3, -0.25) is 0 Å². The summed E-state index contributed by atoms with van der Waals surface area (Å²) in [6, 6.07) is 0. The molecular weight excluding hydrogens is 104 g/mol. The van der Waals surface area contributed by atoms with E-state index in [0.717, 1.165) is 0 Å². The lowest BCUT2D eigenvalue weighted by Crippen LogP contribution is -1.64. The van der Waals surface area contributed by atoms with Crippen LogP contribution in [0.4, 0.5) is 0 Å². The number of thioether (sulfide) groups is 1. The van der Waals surface area contributed by atoms with E-state index in [1.54, 1.807) is 0 Å². The molecule has 1 heteroatoms. The molecular formula is C6H14S. The van der Waals surface area contributed by atoms with E-state index < -0.39 is 0 Å². The van der Waals surface area contributed by atoms with Gasteiger partial charge in [-0.15, -0.1) is 13.2 Å². The zero-order valence-corrected chi connectivity index (χ0v) is 6.05. The van der Waals surface area contributed by atoms with Crippen LogP contribution in [0.2, 0.25) is 0 Å². The molecule has 0 atom stereocenters. The number of rotatable bonds is 2. The second kappa shape index (κ2) is 16.5. The molecule has 0 aliphatic carbocycles. The van der Waals surface area contributed by atoms with E-state index in [0.29, 0.717) is 0 Å². The molecule has 0 heterocycles. The van der Waals surface area contributed by atoms with Gasteiger partial charge in [0.2, 0.25) is 0 Å². The van der Waals surface area contributed by atoms with Crippen molar-refractivity contribution in [3.05, 3.63) is 13.2 Å². The Morgan fingerprint density at radius 2 is 1.43 bits per heavy atom. The fraction of sp³-hybridized carbons (Fsp3) is 0.667. The van der Waals surface area contributed by atoms with E-state index in [-0.39, 0.29) is 0 Å². The SMILES string of the molecule is C=C.CCSCC. The summed E-state index contributed by atoms with van der Waals surface area (Å²) in [6.45, 7) is 10.3. The molecule has 0 aromatic heterocycles. The van der Waals surface area contributed by atoms with Crippen LogP contribution < -0.4 is 0 Å². The molecule has 0 aromatic rings. The molecule has 7 heavy (non-hydrogen) atoms. The van der Waals surface area contributed by atoms with Gasteiger partial charge in [-0.2, -0.15) is 11.8 Å². The topological polar surface area (TPSA) is 0 Å². The first kappa shape index (κ1) is 10.1. The third kappa shape index (κ3) is 23.3. The zero-order valence-electron chi connectivity index (χ0n) is 5.24. The highest BCUT2D eigenvalue weighted by molar-refractivity contribution is 7.99. The van der Waals surface area contributed by atoms with Gasteiger partial charge in [0, 0.05) is 0 Å². The van der Waals surface area contributed by atoms with Crippen molar-refractivity contribution >= 4 is 11.8 Å². The van der Waals surface area contributed by atoms with Crippen LogP contribution in [-0.4, -0.2) is 11.5 Å². The molecule has 0 aromatic carbocycles. The van der Waals surface area contributed by atoms with Gasteiger partial charge in [-0.1, -0.05) is 13.8 Å². The Labute approximate surface area is 51.0 Å². The van der Waals surface area contributed by atoms with Crippen LogP contribution >= 0.6 is 11.8 Å². The van der Waals surface area contributed by atoms with Crippen LogP contribution in [0.25, 0.3) is 0 Å². The average molecular weight is 118 g/mol. The Kier molecular flexibility index (Phi) is 24.0. The van der Waals surface area contributed by atoms with E-state index in [4.69, 9.17) is 0 Å². The van der Waals surface area contributed by atoms with Crippen molar-refractivity contribution < 1.29 is 0 Å². The monoisotopic (exact) mass is 118 g/mol. The van der Waals surface area contributed by atoms with Crippen LogP contribution in [-0.2, 0) is 0 Å². The third-order valence-corrected chi connectivity index (χ3v) is 1.22. The summed E-state index contributed by atoms with van der Waals surface area (Å²) < 4.78 is 0. The maximum atomic E-state index is 3.00. The van der Waals surface area contributed by atoms with Gasteiger partial charge in [-0.05, 0) is 11.5 Å². The predicted octanol–water partition coefficient (Wildman–Crippen LogP) is 2.56. The van der Waals surface area contributed by atoms with Crippen LogP contribution in [0.15, 0.2) is 13.2 Å². The molecule has 0 saturated carbocycles. The van der Waals surface area contributed by atoms with Crippen LogP contribution in [0, 0.1) is 0 Å². The molecule has 0 fully saturated rings. The van der Waals surface area contributed by atoms with Crippen molar-refractivity contribution in [1.82, 2.24) is 0 Å². The van der Waals surface area contributed by atoms with Gasteiger partial charge in [-0.25, -0.2) is 0 Å². The third-order valence-electron chi connectivity index (χ3n) is 0.408. The van der Waals surface area contributed by atoms with Gasteiger partial charge >= 0.3 is 0 Å². The van der Waals surface area contributed by atoms with Crippen molar-refractivity contribution in [2.24, 2.45) is 0 Å². The molecule has 0 spiro atoms. The molecule has 0 bridgehead atoms. The summed E-state index contributed by atoms with van der Waals surface area (Å²) in [5.74, 6) is 2.52. The van der Waals surface area contributed by atoms with Crippen molar-refractivity contribution in [2.75, 3.05) is 11.5 Å². The first-order chi connectivity index (χ1) is 3.41. The van der Waals surface area contributed by atoms with Crippen LogP contribution in [0.3, 0.4) is 0 Å². The molecule has 0 amide bonds. The van der Waals surface area contributed by atoms with E-state index in [1.165, 1.54) is 11.5 Å². The first-order valence-corrected chi connectivity index (χ1v) is 3.65. The van der Waals surface area contributed by atoms with Crippen LogP contribution in [0.1, 0.15) is 13.8 Å². The lowest BCUT2D eigenvalue weighted by molar-refractivity contribution is 1.46. The predicted molar refractivity (Wildman–Crippen MR) is 39.9 cm³/mol. The van der Waals surface area contributed by atoms with Crippen molar-refractivity contribution in [1.29, 1.82) is 0 Å². The maximum Gasteiger partial charge on any atom is -0.00961 e. The van der Waals surface area contributed by atoms with Gasteiger partial charge in [0.25, 0.3) is 0 Å². The summed E-state index contributed by atoms with van der Waals surface area (Å²) in [7, 11) is 0. The van der Waals surface area contributed by atoms with Crippen LogP contribution in [0.5, 0.6) is 0 Å². The Hall–Kier alpha value is 0.0900. The summed E-state index contributed by atoms with van der Waals surface area (Å²) in [6.07, 6.45) is 0. The summed E-state index contributed by atoms with van der Waals surface area (Å²) in [5.41, 5.74) is 0. The minimum absolute atomic E-state index is 1.26. The summed E-state index contributed by atoms with van der Waals surface area (Å²) in [4.78, 5) is 0. The van der Waals surface area contributed by atoms with Crippen molar-refractivity contribution in [3.63, 3.8) is 0 Å². The van der Waals surface area contributed by atoms with E-state index in [2.05, 4.69) is 27.0 Å². The van der Waals surface area contributed by atoms with Crippen molar-refractivity contribution in [2.45, 2.75) is 13.8 Å². The molecule has 0 aliphatic heterocycles. The van der Waals surface area contributed by atoms with Crippen molar-refractivity contribution in [3.8, 4) is 0 Å². The Morgan fingerprint density at radius 3 is 1.43 bits per heavy atom. The van der Waals surface area contributed by atoms with E-state index >= 15 is 0 Å². The standard InChI is InChI=1S/C4H10S.C2H4/c1-3-5-4-2;1-2/h3-4H2,1-2H3;1-2H2. The van der Waals surface area contributed by atoms with Gasteiger partial charge in [0.1, 0.15) is 0 Å². The van der Waals surface area contributed by atoms with E-state index in [9.17, 15) is 0 Å². The zero-order chi connectivity index (χ0) is 6.12. The molecule has 0 nitrogen and oxygen atoms in total. The average Bonchev–Trinajstić information content (AvgIpc) is 1.75. The first-order valence-electron chi connectivity index (χ1n) is 2.49. The minimum atomic E-state index is 1.26. The maximum absolute atomic E-state index is 3.00. The van der Waals surface area contributed by atoms with Gasteiger partial charge in [0.15, 0.2) is 0 Å². The highest BCUT2D eigenvalue weighted by Gasteiger charge is 1.67. The van der Waals surface area contributed by atoms with Gasteiger partial charge in [0.05, 0.1) is 0 Å². The lowest BCUT2D eigenvalue weighted by Gasteiger charge is -1.80. The number of hydrogen-bond acceptors (Lipinski definition) is 1. The fourth-order valence-electron chi connectivity index (χ4n) is 0.204. The Morgan fingerprint density at radius 1 is 1.14 bits per heavy atom. The molecule has 0 aliphatic rings. The second-order valence-corrected chi connectivity index (χ2v) is 2.34. The van der Waals surface area contributed by atoms with Gasteiger partial charge < -0.3 is 0 Å². The quantitative estimate of drug-likeness (QED) is 0.502. The molecule has 0 unspecified atom stereocenters. The number of hydrogen-bond donors (Lipinski definition) is 0. The summed E-state index contributed by atoms with van der Waals surface area (Å²) in [5, 5.41) is 0. The fourth-order valence-corrected chi connectivity index (χ4v) is 0.612.